The molecule has 0 heterocycles. The topological polar surface area (TPSA) is 32.5 Å². The average Bonchev–Trinajstić information content (AvgIpc) is 2.99. The van der Waals surface area contributed by atoms with E-state index in [0.29, 0.717) is 0 Å². The molecule has 0 saturated heterocycles. The first kappa shape index (κ1) is 27.8. The molecule has 5 aromatic carbocycles. The summed E-state index contributed by atoms with van der Waals surface area (Å²) in [4.78, 5) is 4.71. The minimum absolute atomic E-state index is 0.755. The summed E-state index contributed by atoms with van der Waals surface area (Å²) in [7, 11) is 0. The molecule has 0 amide bonds. The van der Waals surface area contributed by atoms with E-state index < -0.39 is 0 Å². The predicted molar refractivity (Wildman–Crippen MR) is 179 cm³/mol. The third-order valence-corrected chi connectivity index (χ3v) is 7.29. The Bertz CT molecular complexity index is 1620. The molecule has 0 radical (unpaired) electrons. The van der Waals surface area contributed by atoms with E-state index in [1.54, 1.807) is 0 Å². The van der Waals surface area contributed by atoms with E-state index in [0.717, 1.165) is 52.7 Å². The first-order valence-corrected chi connectivity index (χ1v) is 14.5. The largest absolute Gasteiger partial charge is 0.399 e. The first-order valence-electron chi connectivity index (χ1n) is 14.5. The van der Waals surface area contributed by atoms with Crippen LogP contribution in [0.15, 0.2) is 133 Å². The second kappa shape index (κ2) is 12.6. The molecular weight excluding hydrogens is 498 g/mol. The van der Waals surface area contributed by atoms with Crippen LogP contribution in [0.2, 0.25) is 0 Å². The summed E-state index contributed by atoms with van der Waals surface area (Å²) in [6.07, 6.45) is 8.64. The van der Waals surface area contributed by atoms with Gasteiger partial charge in [-0.25, -0.2) is 0 Å². The summed E-state index contributed by atoms with van der Waals surface area (Å²) < 4.78 is 0. The van der Waals surface area contributed by atoms with Crippen LogP contribution in [-0.2, 0) is 0 Å². The van der Waals surface area contributed by atoms with Gasteiger partial charge in [0.2, 0.25) is 0 Å². The maximum atomic E-state index is 6.10. The molecule has 41 heavy (non-hydrogen) atoms. The van der Waals surface area contributed by atoms with Gasteiger partial charge in [0.15, 0.2) is 0 Å². The van der Waals surface area contributed by atoms with Crippen molar-refractivity contribution < 1.29 is 0 Å². The Hall–Kier alpha value is -4.76. The van der Waals surface area contributed by atoms with Gasteiger partial charge in [0.05, 0.1) is 11.4 Å². The van der Waals surface area contributed by atoms with E-state index in [2.05, 4.69) is 153 Å². The van der Waals surface area contributed by atoms with Crippen molar-refractivity contribution >= 4 is 44.9 Å². The van der Waals surface area contributed by atoms with Gasteiger partial charge in [-0.1, -0.05) is 85.7 Å². The van der Waals surface area contributed by atoms with Crippen molar-refractivity contribution in [3.63, 3.8) is 0 Å². The van der Waals surface area contributed by atoms with Crippen LogP contribution in [0, 0.1) is 13.8 Å². The molecular formula is C38H39N3. The van der Waals surface area contributed by atoms with Crippen molar-refractivity contribution in [1.29, 1.82) is 0 Å². The highest BCUT2D eigenvalue weighted by Gasteiger charge is 2.21. The van der Waals surface area contributed by atoms with E-state index >= 15 is 0 Å². The molecule has 0 bridgehead atoms. The van der Waals surface area contributed by atoms with Gasteiger partial charge < -0.3 is 15.5 Å². The zero-order chi connectivity index (χ0) is 28.8. The molecule has 3 nitrogen and oxygen atoms in total. The van der Waals surface area contributed by atoms with E-state index in [4.69, 9.17) is 5.73 Å². The van der Waals surface area contributed by atoms with Crippen molar-refractivity contribution in [1.82, 2.24) is 0 Å². The molecule has 5 rings (SSSR count). The molecule has 0 unspecified atom stereocenters. The van der Waals surface area contributed by atoms with Crippen molar-refractivity contribution in [3.05, 3.63) is 144 Å². The van der Waals surface area contributed by atoms with Crippen LogP contribution < -0.4 is 15.5 Å². The number of allylic oxidation sites excluding steroid dienone is 3. The number of fused-ring (bicyclic) bond motifs is 1. The molecule has 3 heteroatoms. The summed E-state index contributed by atoms with van der Waals surface area (Å²) in [6, 6.07) is 38.9. The standard InChI is InChI=1S/C38H39N3/c1-5-7-11-31(10-6-2)40(34-24-18-30(39)19-25-34)37-26-27-38(36-13-9-8-12-35(36)37)41(32-20-14-28(3)15-21-32)33-22-16-29(4)17-23-33/h7-27H,5-6,39H2,1-4H3/b11-7-,31-10+. The summed E-state index contributed by atoms with van der Waals surface area (Å²) in [5, 5.41) is 2.36. The van der Waals surface area contributed by atoms with Crippen molar-refractivity contribution in [2.75, 3.05) is 15.5 Å². The number of aryl methyl sites for hydroxylation is 2. The molecule has 2 N–H and O–H groups in total. The lowest BCUT2D eigenvalue weighted by atomic mass is 10.0. The molecule has 0 spiro atoms. The van der Waals surface area contributed by atoms with E-state index in [1.807, 2.05) is 12.1 Å². The maximum Gasteiger partial charge on any atom is 0.0541 e. The third-order valence-electron chi connectivity index (χ3n) is 7.29. The van der Waals surface area contributed by atoms with Gasteiger partial charge in [0.1, 0.15) is 0 Å². The fourth-order valence-electron chi connectivity index (χ4n) is 5.20. The lowest BCUT2D eigenvalue weighted by molar-refractivity contribution is 1.13. The minimum atomic E-state index is 0.755. The van der Waals surface area contributed by atoms with Crippen LogP contribution in [-0.4, -0.2) is 0 Å². The molecule has 0 aromatic heterocycles. The van der Waals surface area contributed by atoms with Crippen LogP contribution >= 0.6 is 0 Å². The number of rotatable bonds is 9. The highest BCUT2D eigenvalue weighted by atomic mass is 15.2. The quantitative estimate of drug-likeness (QED) is 0.150. The monoisotopic (exact) mass is 537 g/mol. The summed E-state index contributed by atoms with van der Waals surface area (Å²) in [5.41, 5.74) is 16.1. The highest BCUT2D eigenvalue weighted by molar-refractivity contribution is 6.06. The van der Waals surface area contributed by atoms with Crippen LogP contribution in [0.1, 0.15) is 37.8 Å². The van der Waals surface area contributed by atoms with E-state index in [1.165, 1.54) is 21.9 Å². The predicted octanol–water partition coefficient (Wildman–Crippen LogP) is 10.9. The molecule has 0 fully saturated rings. The van der Waals surface area contributed by atoms with Gasteiger partial charge in [0.25, 0.3) is 0 Å². The van der Waals surface area contributed by atoms with Gasteiger partial charge in [-0.3, -0.25) is 0 Å². The number of nitrogens with zero attached hydrogens (tertiary/aromatic N) is 2. The van der Waals surface area contributed by atoms with E-state index in [-0.39, 0.29) is 0 Å². The number of nitrogen functional groups attached to an aromatic ring is 1. The van der Waals surface area contributed by atoms with Gasteiger partial charge in [-0.2, -0.15) is 0 Å². The number of benzene rings is 5. The fourth-order valence-corrected chi connectivity index (χ4v) is 5.20. The number of anilines is 6. The normalized spacial score (nSPS) is 11.8. The Morgan fingerprint density at radius 2 is 1.12 bits per heavy atom. The second-order valence-electron chi connectivity index (χ2n) is 10.4. The Labute approximate surface area is 244 Å². The summed E-state index contributed by atoms with van der Waals surface area (Å²) in [5.74, 6) is 0. The smallest absolute Gasteiger partial charge is 0.0541 e. The highest BCUT2D eigenvalue weighted by Crippen LogP contribution is 2.44. The number of nitrogens with two attached hydrogens (primary N) is 1. The van der Waals surface area contributed by atoms with Crippen molar-refractivity contribution in [2.24, 2.45) is 0 Å². The Morgan fingerprint density at radius 3 is 1.66 bits per heavy atom. The Morgan fingerprint density at radius 1 is 0.610 bits per heavy atom. The van der Waals surface area contributed by atoms with Gasteiger partial charge in [-0.05, 0) is 93.4 Å². The lowest BCUT2D eigenvalue weighted by Crippen LogP contribution is -2.17. The van der Waals surface area contributed by atoms with Gasteiger partial charge in [0, 0.05) is 39.2 Å². The summed E-state index contributed by atoms with van der Waals surface area (Å²) in [6.45, 7) is 8.61. The van der Waals surface area contributed by atoms with Gasteiger partial charge in [-0.15, -0.1) is 0 Å². The third kappa shape index (κ3) is 6.05. The van der Waals surface area contributed by atoms with Crippen LogP contribution in [0.25, 0.3) is 10.8 Å². The molecule has 0 aliphatic carbocycles. The minimum Gasteiger partial charge on any atom is -0.399 e. The number of hydrogen-bond acceptors (Lipinski definition) is 3. The molecule has 0 aliphatic heterocycles. The SMILES string of the molecule is CC/C=C\C(=C/CC)N(c1ccc(N)cc1)c1ccc(N(c2ccc(C)cc2)c2ccc(C)cc2)c2ccccc12. The van der Waals surface area contributed by atoms with E-state index in [9.17, 15) is 0 Å². The molecule has 0 aliphatic rings. The van der Waals surface area contributed by atoms with Crippen LogP contribution in [0.4, 0.5) is 34.1 Å². The molecule has 206 valence electrons. The maximum absolute atomic E-state index is 6.10. The Balaban J connectivity index is 1.76. The fraction of sp³-hybridized carbons (Fsp3) is 0.158. The lowest BCUT2D eigenvalue weighted by Gasteiger charge is -2.31. The second-order valence-corrected chi connectivity index (χ2v) is 10.4. The first-order chi connectivity index (χ1) is 20.0. The van der Waals surface area contributed by atoms with Crippen LogP contribution in [0.3, 0.4) is 0 Å². The zero-order valence-corrected chi connectivity index (χ0v) is 24.5. The molecule has 0 atom stereocenters. The van der Waals surface area contributed by atoms with Crippen molar-refractivity contribution in [2.45, 2.75) is 40.5 Å². The van der Waals surface area contributed by atoms with Crippen LogP contribution in [0.5, 0.6) is 0 Å². The zero-order valence-electron chi connectivity index (χ0n) is 24.5. The van der Waals surface area contributed by atoms with Crippen molar-refractivity contribution in [3.8, 4) is 0 Å². The number of hydrogen-bond donors (Lipinski definition) is 1. The Kier molecular flexibility index (Phi) is 8.55. The molecule has 5 aromatic rings. The average molecular weight is 538 g/mol. The summed E-state index contributed by atoms with van der Waals surface area (Å²) >= 11 is 0. The van der Waals surface area contributed by atoms with Gasteiger partial charge >= 0.3 is 0 Å². The molecule has 0 saturated carbocycles.